The molecule has 3 saturated heterocycles. The van der Waals surface area contributed by atoms with Gasteiger partial charge in [-0.1, -0.05) is 12.1 Å². The van der Waals surface area contributed by atoms with Crippen molar-refractivity contribution in [1.29, 1.82) is 5.26 Å². The summed E-state index contributed by atoms with van der Waals surface area (Å²) in [7, 11) is 0. The van der Waals surface area contributed by atoms with Gasteiger partial charge in [-0.05, 0) is 42.5 Å². The van der Waals surface area contributed by atoms with E-state index in [1.165, 1.54) is 18.5 Å². The Balaban J connectivity index is 1.10. The molecule has 0 unspecified atom stereocenters. The predicted octanol–water partition coefficient (Wildman–Crippen LogP) is 0.364. The average molecular weight is 869 g/mol. The average Bonchev–Trinajstić information content (AvgIpc) is 3.56. The van der Waals surface area contributed by atoms with Crippen LogP contribution in [0.15, 0.2) is 42.7 Å². The van der Waals surface area contributed by atoms with Crippen molar-refractivity contribution in [2.45, 2.75) is 31.2 Å². The number of piperidine rings is 1. The fourth-order valence-electron chi connectivity index (χ4n) is 7.86. The van der Waals surface area contributed by atoms with E-state index in [1.807, 2.05) is 34.1 Å². The Morgan fingerprint density at radius 3 is 1.76 bits per heavy atom. The summed E-state index contributed by atoms with van der Waals surface area (Å²) in [5, 5.41) is 43.5. The lowest BCUT2D eigenvalue weighted by Gasteiger charge is -2.35. The first-order valence-electron chi connectivity index (χ1n) is 20.5. The van der Waals surface area contributed by atoms with E-state index in [9.17, 15) is 58.1 Å². The van der Waals surface area contributed by atoms with E-state index in [4.69, 9.17) is 0 Å². The van der Waals surface area contributed by atoms with Gasteiger partial charge in [0.2, 0.25) is 11.8 Å². The lowest BCUT2D eigenvalue weighted by molar-refractivity contribution is -0.141. The van der Waals surface area contributed by atoms with Crippen LogP contribution in [0.4, 0.5) is 14.5 Å². The van der Waals surface area contributed by atoms with Crippen molar-refractivity contribution < 1.29 is 52.9 Å². The van der Waals surface area contributed by atoms with Crippen molar-refractivity contribution >= 4 is 41.3 Å². The highest BCUT2D eigenvalue weighted by Gasteiger charge is 2.47. The summed E-state index contributed by atoms with van der Waals surface area (Å²) in [6.07, 6.45) is 3.72. The quantitative estimate of drug-likeness (QED) is 0.162. The highest BCUT2D eigenvalue weighted by Crippen LogP contribution is 2.32. The molecule has 1 aromatic heterocycles. The molecule has 0 bridgehead atoms. The number of carboxylic acids is 3. The number of nitriles is 1. The molecule has 3 aliphatic heterocycles. The summed E-state index contributed by atoms with van der Waals surface area (Å²) in [5.74, 6) is -7.40. The number of carbonyl (C=O) groups excluding carboxylic acids is 3. The molecule has 3 amide bonds. The Kier molecular flexibility index (Phi) is 17.0. The van der Waals surface area contributed by atoms with Crippen LogP contribution in [0.1, 0.15) is 29.6 Å². The van der Waals surface area contributed by atoms with Gasteiger partial charge in [-0.2, -0.15) is 5.26 Å². The number of hydrogen-bond acceptors (Lipinski definition) is 13. The maximum Gasteiger partial charge on any atom is 0.317 e. The highest BCUT2D eigenvalue weighted by molar-refractivity contribution is 6.02. The van der Waals surface area contributed by atoms with E-state index < -0.39 is 61.2 Å². The molecule has 5 N–H and O–H groups in total. The standard InChI is InChI=1S/C41H54F2N10O9/c42-41(43)19-32(20-44)53(28-41)35(54)23-47-40(62)33-5-8-45-22-34(33)30-1-3-31(4-2-30)46-21-29-6-9-52(10-7-29)36(55)24-48-11-13-49(25-37(56)57)15-17-51(27-39(60)61)18-16-50(14-12-48)26-38(58)59/h1-5,8,22,29,32,46H,6-7,9-19,21,23-28H2,(H,47,62)(H,56,57)(H,58,59)(H,60,61)/t32-/m0/s1. The van der Waals surface area contributed by atoms with Crippen LogP contribution < -0.4 is 10.6 Å². The lowest BCUT2D eigenvalue weighted by Crippen LogP contribution is -2.50. The van der Waals surface area contributed by atoms with Gasteiger partial charge in [-0.25, -0.2) is 8.78 Å². The van der Waals surface area contributed by atoms with Gasteiger partial charge in [0.25, 0.3) is 11.8 Å². The zero-order chi connectivity index (χ0) is 44.8. The second-order valence-electron chi connectivity index (χ2n) is 15.9. The fraction of sp³-hybridized carbons (Fsp3) is 0.561. The first kappa shape index (κ1) is 47.2. The Bertz CT molecular complexity index is 1910. The Morgan fingerprint density at radius 2 is 1.26 bits per heavy atom. The van der Waals surface area contributed by atoms with Crippen LogP contribution in [0.3, 0.4) is 0 Å². The number of nitrogens with zero attached hydrogens (tertiary/aromatic N) is 8. The number of rotatable bonds is 15. The van der Waals surface area contributed by atoms with Gasteiger partial charge in [0.1, 0.15) is 6.04 Å². The summed E-state index contributed by atoms with van der Waals surface area (Å²) >= 11 is 0. The molecule has 5 rings (SSSR count). The summed E-state index contributed by atoms with van der Waals surface area (Å²) in [4.78, 5) is 87.8. The van der Waals surface area contributed by atoms with Gasteiger partial charge < -0.3 is 35.8 Å². The zero-order valence-electron chi connectivity index (χ0n) is 34.5. The number of benzene rings is 1. The van der Waals surface area contributed by atoms with Crippen LogP contribution in [-0.2, 0) is 24.0 Å². The third-order valence-corrected chi connectivity index (χ3v) is 11.3. The van der Waals surface area contributed by atoms with E-state index in [0.717, 1.165) is 23.4 Å². The molecule has 336 valence electrons. The molecule has 0 aliphatic carbocycles. The van der Waals surface area contributed by atoms with Crippen LogP contribution in [0.25, 0.3) is 11.1 Å². The number of nitrogens with one attached hydrogen (secondary N) is 2. The molecule has 2 aromatic rings. The number of anilines is 1. The largest absolute Gasteiger partial charge is 0.480 e. The number of likely N-dealkylation sites (tertiary alicyclic amines) is 2. The van der Waals surface area contributed by atoms with Gasteiger partial charge in [-0.15, -0.1) is 0 Å². The smallest absolute Gasteiger partial charge is 0.317 e. The first-order valence-corrected chi connectivity index (χ1v) is 20.5. The van der Waals surface area contributed by atoms with Gasteiger partial charge in [-0.3, -0.25) is 53.4 Å². The number of amides is 3. The second-order valence-corrected chi connectivity index (χ2v) is 15.9. The summed E-state index contributed by atoms with van der Waals surface area (Å²) < 4.78 is 27.6. The third kappa shape index (κ3) is 14.4. The number of pyridine rings is 1. The van der Waals surface area contributed by atoms with Crippen molar-refractivity contribution in [3.8, 4) is 17.2 Å². The molecule has 3 aliphatic rings. The Labute approximate surface area is 357 Å². The van der Waals surface area contributed by atoms with Crippen LogP contribution in [0.5, 0.6) is 0 Å². The lowest BCUT2D eigenvalue weighted by atomic mass is 9.96. The van der Waals surface area contributed by atoms with Gasteiger partial charge >= 0.3 is 17.9 Å². The maximum absolute atomic E-state index is 13.8. The summed E-state index contributed by atoms with van der Waals surface area (Å²) in [6.45, 7) is 2.23. The fourth-order valence-corrected chi connectivity index (χ4v) is 7.86. The van der Waals surface area contributed by atoms with Crippen LogP contribution in [-0.4, -0.2) is 209 Å². The summed E-state index contributed by atoms with van der Waals surface area (Å²) in [6, 6.07) is 9.31. The Hall–Kier alpha value is -5.82. The molecular weight excluding hydrogens is 815 g/mol. The highest BCUT2D eigenvalue weighted by atomic mass is 19.3. The Morgan fingerprint density at radius 1 is 0.742 bits per heavy atom. The van der Waals surface area contributed by atoms with E-state index in [0.29, 0.717) is 70.0 Å². The molecule has 21 heteroatoms. The summed E-state index contributed by atoms with van der Waals surface area (Å²) in [5.41, 5.74) is 2.24. The number of aliphatic carboxylic acids is 3. The molecule has 1 atom stereocenters. The van der Waals surface area contributed by atoms with Crippen molar-refractivity contribution in [1.82, 2.24) is 39.7 Å². The monoisotopic (exact) mass is 868 g/mol. The normalized spacial score (nSPS) is 20.0. The molecule has 0 spiro atoms. The van der Waals surface area contributed by atoms with Crippen LogP contribution in [0.2, 0.25) is 0 Å². The first-order chi connectivity index (χ1) is 29.6. The minimum Gasteiger partial charge on any atom is -0.480 e. The zero-order valence-corrected chi connectivity index (χ0v) is 34.5. The van der Waals surface area contributed by atoms with Crippen LogP contribution >= 0.6 is 0 Å². The van der Waals surface area contributed by atoms with Gasteiger partial charge in [0, 0.05) is 102 Å². The SMILES string of the molecule is N#C[C@@H]1CC(F)(F)CN1C(=O)CNC(=O)c1ccncc1-c1ccc(NCC2CCN(C(=O)CN3CCN(CC(=O)O)CCN(CC(=O)O)CCN(CC(=O)O)CC3)CC2)cc1. The van der Waals surface area contributed by atoms with Crippen molar-refractivity contribution in [3.05, 3.63) is 48.3 Å². The van der Waals surface area contributed by atoms with E-state index in [2.05, 4.69) is 15.6 Å². The molecule has 3 fully saturated rings. The van der Waals surface area contributed by atoms with Crippen molar-refractivity contribution in [3.63, 3.8) is 0 Å². The number of halogens is 2. The number of aromatic nitrogens is 1. The van der Waals surface area contributed by atoms with Gasteiger partial charge in [0.15, 0.2) is 0 Å². The number of carbonyl (C=O) groups is 6. The number of alkyl halides is 2. The molecular formula is C41H54F2N10O9. The van der Waals surface area contributed by atoms with Crippen molar-refractivity contribution in [2.24, 2.45) is 5.92 Å². The van der Waals surface area contributed by atoms with E-state index in [1.54, 1.807) is 20.8 Å². The molecule has 0 saturated carbocycles. The number of carboxylic acid groups (broad SMARTS) is 3. The molecule has 0 radical (unpaired) electrons. The van der Waals surface area contributed by atoms with Crippen molar-refractivity contribution in [2.75, 3.05) is 117 Å². The third-order valence-electron chi connectivity index (χ3n) is 11.3. The predicted molar refractivity (Wildman–Crippen MR) is 219 cm³/mol. The maximum atomic E-state index is 13.8. The molecule has 62 heavy (non-hydrogen) atoms. The van der Waals surface area contributed by atoms with Gasteiger partial charge in [0.05, 0.1) is 50.9 Å². The second kappa shape index (κ2) is 22.3. The van der Waals surface area contributed by atoms with E-state index >= 15 is 0 Å². The molecule has 4 heterocycles. The molecule has 1 aromatic carbocycles. The topological polar surface area (TPSA) is 243 Å². The minimum absolute atomic E-state index is 0.0692. The minimum atomic E-state index is -3.17. The molecule has 19 nitrogen and oxygen atoms in total. The number of hydrogen-bond donors (Lipinski definition) is 5. The van der Waals surface area contributed by atoms with Crippen LogP contribution in [0, 0.1) is 17.2 Å². The van der Waals surface area contributed by atoms with E-state index in [-0.39, 0.29) is 56.7 Å².